The van der Waals surface area contributed by atoms with Gasteiger partial charge in [-0.3, -0.25) is 0 Å². The van der Waals surface area contributed by atoms with Crippen molar-refractivity contribution in [3.8, 4) is 39.1 Å². The first-order valence-corrected chi connectivity index (χ1v) is 21.2. The van der Waals surface area contributed by atoms with Crippen LogP contribution in [-0.4, -0.2) is 4.57 Å². The number of para-hydroxylation sites is 4. The number of rotatable bonds is 7. The quantitative estimate of drug-likeness (QED) is 0.160. The van der Waals surface area contributed by atoms with Crippen LogP contribution in [0.5, 0.6) is 0 Å². The lowest BCUT2D eigenvalue weighted by atomic mass is 9.99. The van der Waals surface area contributed by atoms with Crippen molar-refractivity contribution in [2.75, 3.05) is 4.90 Å². The molecule has 0 saturated heterocycles. The molecule has 0 N–H and O–H groups in total. The van der Waals surface area contributed by atoms with E-state index in [1.807, 2.05) is 12.1 Å². The Hall–Kier alpha value is -8.14. The number of hydrogen-bond donors (Lipinski definition) is 0. The van der Waals surface area contributed by atoms with Crippen molar-refractivity contribution in [3.05, 3.63) is 230 Å². The molecule has 0 spiro atoms. The first-order valence-electron chi connectivity index (χ1n) is 21.2. The van der Waals surface area contributed by atoms with E-state index in [9.17, 15) is 0 Å². The van der Waals surface area contributed by atoms with Gasteiger partial charge in [0.1, 0.15) is 11.2 Å². The summed E-state index contributed by atoms with van der Waals surface area (Å²) in [6.07, 6.45) is 0. The number of fused-ring (bicyclic) bond motifs is 7. The summed E-state index contributed by atoms with van der Waals surface area (Å²) in [7, 11) is 0. The molecule has 0 aliphatic heterocycles. The van der Waals surface area contributed by atoms with Gasteiger partial charge < -0.3 is 13.9 Å². The van der Waals surface area contributed by atoms with Crippen molar-refractivity contribution in [2.45, 2.75) is 6.92 Å². The fraction of sp³-hybridized carbons (Fsp3) is 0.0169. The Labute approximate surface area is 360 Å². The van der Waals surface area contributed by atoms with Crippen molar-refractivity contribution < 1.29 is 4.42 Å². The number of aromatic nitrogens is 1. The molecule has 0 saturated carbocycles. The monoisotopic (exact) mass is 792 g/mol. The fourth-order valence-electron chi connectivity index (χ4n) is 9.47. The molecule has 12 rings (SSSR count). The van der Waals surface area contributed by atoms with Crippen LogP contribution in [0.3, 0.4) is 0 Å². The lowest BCUT2D eigenvalue weighted by molar-refractivity contribution is 0.670. The van der Waals surface area contributed by atoms with E-state index >= 15 is 0 Å². The number of anilines is 3. The van der Waals surface area contributed by atoms with Crippen molar-refractivity contribution in [2.24, 2.45) is 0 Å². The standard InChI is InChI=1S/C59H40N2O/c1-39-36-45(44-14-10-15-49(38-44)61-56-21-7-4-16-51(56)52-17-5-8-22-57(52)61)30-35-55(39)60(47-31-26-41(27-32-47)46-25-24-40-12-2-3-13-43(40)37-46)48-33-28-42(29-34-48)50-19-11-20-54-53-18-6-9-23-58(53)62-59(50)54/h2-38H,1H3. The Balaban J connectivity index is 0.943. The third kappa shape index (κ3) is 5.97. The zero-order valence-corrected chi connectivity index (χ0v) is 34.2. The van der Waals surface area contributed by atoms with Crippen LogP contribution in [-0.2, 0) is 0 Å². The van der Waals surface area contributed by atoms with Gasteiger partial charge in [0.2, 0.25) is 0 Å². The van der Waals surface area contributed by atoms with Crippen molar-refractivity contribution in [1.82, 2.24) is 4.57 Å². The molecule has 3 heteroatoms. The number of furan rings is 1. The van der Waals surface area contributed by atoms with Gasteiger partial charge in [0, 0.05) is 49.9 Å². The Bertz CT molecular complexity index is 3590. The number of hydrogen-bond acceptors (Lipinski definition) is 2. The Morgan fingerprint density at radius 1 is 0.387 bits per heavy atom. The lowest BCUT2D eigenvalue weighted by Gasteiger charge is -2.28. The zero-order valence-electron chi connectivity index (χ0n) is 34.2. The molecule has 292 valence electrons. The van der Waals surface area contributed by atoms with Gasteiger partial charge in [0.05, 0.1) is 11.0 Å². The lowest BCUT2D eigenvalue weighted by Crippen LogP contribution is -2.11. The second-order valence-electron chi connectivity index (χ2n) is 16.2. The summed E-state index contributed by atoms with van der Waals surface area (Å²) in [5.74, 6) is 0. The third-order valence-corrected chi connectivity index (χ3v) is 12.5. The fourth-order valence-corrected chi connectivity index (χ4v) is 9.47. The summed E-state index contributed by atoms with van der Waals surface area (Å²) >= 11 is 0. The van der Waals surface area contributed by atoms with Crippen molar-refractivity contribution >= 4 is 71.6 Å². The van der Waals surface area contributed by atoms with Crippen molar-refractivity contribution in [1.29, 1.82) is 0 Å². The predicted octanol–water partition coefficient (Wildman–Crippen LogP) is 16.6. The van der Waals surface area contributed by atoms with E-state index in [-0.39, 0.29) is 0 Å². The molecule has 0 amide bonds. The molecule has 0 atom stereocenters. The molecule has 2 aromatic heterocycles. The number of aryl methyl sites for hydroxylation is 1. The average molecular weight is 793 g/mol. The molecule has 62 heavy (non-hydrogen) atoms. The molecule has 0 bridgehead atoms. The smallest absolute Gasteiger partial charge is 0.143 e. The number of nitrogens with zero attached hydrogens (tertiary/aromatic N) is 2. The molecule has 3 nitrogen and oxygen atoms in total. The molecule has 0 aliphatic carbocycles. The molecule has 2 heterocycles. The Kier molecular flexibility index (Phi) is 8.39. The Morgan fingerprint density at radius 3 is 1.69 bits per heavy atom. The van der Waals surface area contributed by atoms with Crippen LogP contribution < -0.4 is 4.90 Å². The second-order valence-corrected chi connectivity index (χ2v) is 16.2. The van der Waals surface area contributed by atoms with E-state index < -0.39 is 0 Å². The average Bonchev–Trinajstić information content (AvgIpc) is 3.89. The topological polar surface area (TPSA) is 21.3 Å². The summed E-state index contributed by atoms with van der Waals surface area (Å²) in [6, 6.07) is 81.0. The van der Waals surface area contributed by atoms with Crippen LogP contribution in [0.1, 0.15) is 5.56 Å². The van der Waals surface area contributed by atoms with Gasteiger partial charge in [-0.15, -0.1) is 0 Å². The maximum Gasteiger partial charge on any atom is 0.143 e. The van der Waals surface area contributed by atoms with Gasteiger partial charge in [-0.1, -0.05) is 152 Å². The van der Waals surface area contributed by atoms with Crippen LogP contribution in [0.2, 0.25) is 0 Å². The Morgan fingerprint density at radius 2 is 0.952 bits per heavy atom. The van der Waals surface area contributed by atoms with E-state index in [0.717, 1.165) is 55.8 Å². The summed E-state index contributed by atoms with van der Waals surface area (Å²) in [5.41, 5.74) is 16.8. The number of benzene rings is 10. The van der Waals surface area contributed by atoms with E-state index in [1.165, 1.54) is 60.4 Å². The van der Waals surface area contributed by atoms with Gasteiger partial charge in [-0.25, -0.2) is 0 Å². The minimum absolute atomic E-state index is 0.905. The maximum atomic E-state index is 6.44. The van der Waals surface area contributed by atoms with Crippen LogP contribution >= 0.6 is 0 Å². The highest BCUT2D eigenvalue weighted by Gasteiger charge is 2.19. The highest BCUT2D eigenvalue weighted by Crippen LogP contribution is 2.42. The van der Waals surface area contributed by atoms with Crippen molar-refractivity contribution in [3.63, 3.8) is 0 Å². The van der Waals surface area contributed by atoms with Crippen LogP contribution in [0, 0.1) is 6.92 Å². The summed E-state index contributed by atoms with van der Waals surface area (Å²) < 4.78 is 8.83. The minimum Gasteiger partial charge on any atom is -0.455 e. The summed E-state index contributed by atoms with van der Waals surface area (Å²) in [5, 5.41) is 7.28. The van der Waals surface area contributed by atoms with Gasteiger partial charge in [-0.2, -0.15) is 0 Å². The van der Waals surface area contributed by atoms with E-state index in [1.54, 1.807) is 0 Å². The highest BCUT2D eigenvalue weighted by atomic mass is 16.3. The van der Waals surface area contributed by atoms with Crippen LogP contribution in [0.25, 0.3) is 93.6 Å². The van der Waals surface area contributed by atoms with Crippen LogP contribution in [0.15, 0.2) is 229 Å². The first kappa shape index (κ1) is 35.8. The first-order chi connectivity index (χ1) is 30.6. The molecular weight excluding hydrogens is 753 g/mol. The van der Waals surface area contributed by atoms with Gasteiger partial charge in [-0.05, 0) is 124 Å². The summed E-state index contributed by atoms with van der Waals surface area (Å²) in [6.45, 7) is 2.22. The SMILES string of the molecule is Cc1cc(-c2cccc(-n3c4ccccc4c4ccccc43)c2)ccc1N(c1ccc(-c2ccc3ccccc3c2)cc1)c1ccc(-c2cccc3c2oc2ccccc23)cc1. The van der Waals surface area contributed by atoms with E-state index in [2.05, 4.69) is 229 Å². The molecular formula is C59H40N2O. The van der Waals surface area contributed by atoms with Crippen LogP contribution in [0.4, 0.5) is 17.1 Å². The zero-order chi connectivity index (χ0) is 41.1. The predicted molar refractivity (Wildman–Crippen MR) is 261 cm³/mol. The van der Waals surface area contributed by atoms with Gasteiger partial charge >= 0.3 is 0 Å². The van der Waals surface area contributed by atoms with E-state index in [0.29, 0.717) is 0 Å². The maximum absolute atomic E-state index is 6.44. The highest BCUT2D eigenvalue weighted by molar-refractivity contribution is 6.10. The molecule has 0 radical (unpaired) electrons. The molecule has 12 aromatic rings. The van der Waals surface area contributed by atoms with E-state index in [4.69, 9.17) is 4.42 Å². The molecule has 0 aliphatic rings. The molecule has 10 aromatic carbocycles. The summed E-state index contributed by atoms with van der Waals surface area (Å²) in [4.78, 5) is 2.38. The van der Waals surface area contributed by atoms with Gasteiger partial charge in [0.25, 0.3) is 0 Å². The largest absolute Gasteiger partial charge is 0.455 e. The molecule has 0 unspecified atom stereocenters. The third-order valence-electron chi connectivity index (χ3n) is 12.5. The normalized spacial score (nSPS) is 11.6. The molecule has 0 fully saturated rings. The second kappa shape index (κ2) is 14.5. The minimum atomic E-state index is 0.905. The van der Waals surface area contributed by atoms with Gasteiger partial charge in [0.15, 0.2) is 0 Å².